The first-order chi connectivity index (χ1) is 9.61. The Kier molecular flexibility index (Phi) is 5.98. The number of amides is 1. The lowest BCUT2D eigenvalue weighted by Gasteiger charge is -2.22. The fourth-order valence-electron chi connectivity index (χ4n) is 1.72. The summed E-state index contributed by atoms with van der Waals surface area (Å²) in [5.41, 5.74) is 0.223. The molecule has 1 amide bonds. The van der Waals surface area contributed by atoms with Gasteiger partial charge in [0.2, 0.25) is 15.9 Å². The summed E-state index contributed by atoms with van der Waals surface area (Å²) >= 11 is 5.66. The number of nitrogens with zero attached hydrogens (tertiary/aromatic N) is 1. The molecule has 0 aliphatic heterocycles. The van der Waals surface area contributed by atoms with Crippen LogP contribution < -0.4 is 9.62 Å². The van der Waals surface area contributed by atoms with E-state index in [-0.39, 0.29) is 35.6 Å². The van der Waals surface area contributed by atoms with Crippen molar-refractivity contribution in [2.24, 2.45) is 0 Å². The molecule has 0 saturated carbocycles. The number of rotatable bonds is 6. The number of carbonyl (C=O) groups is 1. The van der Waals surface area contributed by atoms with Crippen molar-refractivity contribution in [2.45, 2.75) is 26.3 Å². The molecule has 0 radical (unpaired) electrons. The first-order valence-electron chi connectivity index (χ1n) is 6.33. The minimum absolute atomic E-state index is 0.000244. The number of benzene rings is 1. The molecular formula is C13H18ClFN2O3S. The summed E-state index contributed by atoms with van der Waals surface area (Å²) in [6, 6.07) is 3.59. The monoisotopic (exact) mass is 336 g/mol. The zero-order valence-electron chi connectivity index (χ0n) is 12.1. The van der Waals surface area contributed by atoms with E-state index < -0.39 is 15.8 Å². The molecule has 1 aromatic carbocycles. The third-order valence-corrected chi connectivity index (χ3v) is 4.07. The molecular weight excluding hydrogens is 319 g/mol. The predicted octanol–water partition coefficient (Wildman–Crippen LogP) is 2.16. The average molecular weight is 337 g/mol. The van der Waals surface area contributed by atoms with Crippen molar-refractivity contribution in [1.82, 2.24) is 5.32 Å². The second-order valence-corrected chi connectivity index (χ2v) is 7.22. The van der Waals surface area contributed by atoms with E-state index in [1.165, 1.54) is 12.1 Å². The fraction of sp³-hybridized carbons (Fsp3) is 0.462. The first-order valence-corrected chi connectivity index (χ1v) is 8.56. The molecule has 21 heavy (non-hydrogen) atoms. The molecule has 0 unspecified atom stereocenters. The summed E-state index contributed by atoms with van der Waals surface area (Å²) in [6.07, 6.45) is 1.02. The third-order valence-electron chi connectivity index (χ3n) is 2.58. The van der Waals surface area contributed by atoms with Crippen LogP contribution in [-0.4, -0.2) is 33.2 Å². The Morgan fingerprint density at radius 3 is 2.52 bits per heavy atom. The standard InChI is InChI=1S/C13H18ClFN2O3S/c1-9(2)16-13(18)6-7-17(21(3,19)20)10-4-5-12(15)11(14)8-10/h4-5,8-9H,6-7H2,1-3H3,(H,16,18). The highest BCUT2D eigenvalue weighted by molar-refractivity contribution is 7.92. The van der Waals surface area contributed by atoms with Crippen LogP contribution in [0.3, 0.4) is 0 Å². The molecule has 0 saturated heterocycles. The van der Waals surface area contributed by atoms with E-state index >= 15 is 0 Å². The molecule has 1 rings (SSSR count). The second-order valence-electron chi connectivity index (χ2n) is 4.91. The first kappa shape index (κ1) is 17.7. The Morgan fingerprint density at radius 1 is 1.43 bits per heavy atom. The zero-order valence-corrected chi connectivity index (χ0v) is 13.6. The van der Waals surface area contributed by atoms with Gasteiger partial charge in [0.1, 0.15) is 5.82 Å². The van der Waals surface area contributed by atoms with Gasteiger partial charge in [0, 0.05) is 19.0 Å². The molecule has 5 nitrogen and oxygen atoms in total. The number of hydrogen-bond acceptors (Lipinski definition) is 3. The number of halogens is 2. The van der Waals surface area contributed by atoms with Gasteiger partial charge in [-0.1, -0.05) is 11.6 Å². The van der Waals surface area contributed by atoms with Gasteiger partial charge in [-0.3, -0.25) is 9.10 Å². The number of sulfonamides is 1. The van der Waals surface area contributed by atoms with Gasteiger partial charge in [-0.05, 0) is 32.0 Å². The van der Waals surface area contributed by atoms with Crippen molar-refractivity contribution in [3.63, 3.8) is 0 Å². The highest BCUT2D eigenvalue weighted by Gasteiger charge is 2.19. The zero-order chi connectivity index (χ0) is 16.2. The van der Waals surface area contributed by atoms with Crippen LogP contribution in [0.4, 0.5) is 10.1 Å². The summed E-state index contributed by atoms with van der Waals surface area (Å²) in [4.78, 5) is 11.6. The molecule has 0 fully saturated rings. The molecule has 0 bridgehead atoms. The van der Waals surface area contributed by atoms with Gasteiger partial charge in [0.15, 0.2) is 0 Å². The van der Waals surface area contributed by atoms with E-state index in [1.54, 1.807) is 0 Å². The van der Waals surface area contributed by atoms with Crippen molar-refractivity contribution in [2.75, 3.05) is 17.1 Å². The molecule has 0 aliphatic rings. The van der Waals surface area contributed by atoms with Gasteiger partial charge >= 0.3 is 0 Å². The molecule has 0 spiro atoms. The van der Waals surface area contributed by atoms with Crippen LogP contribution in [0, 0.1) is 5.82 Å². The van der Waals surface area contributed by atoms with Crippen LogP contribution in [-0.2, 0) is 14.8 Å². The van der Waals surface area contributed by atoms with Crippen LogP contribution in [0.1, 0.15) is 20.3 Å². The molecule has 118 valence electrons. The van der Waals surface area contributed by atoms with Gasteiger partial charge in [-0.2, -0.15) is 0 Å². The highest BCUT2D eigenvalue weighted by atomic mass is 35.5. The highest BCUT2D eigenvalue weighted by Crippen LogP contribution is 2.24. The summed E-state index contributed by atoms with van der Waals surface area (Å²) in [5.74, 6) is -0.890. The van der Waals surface area contributed by atoms with Gasteiger partial charge in [-0.25, -0.2) is 12.8 Å². The van der Waals surface area contributed by atoms with Crippen LogP contribution >= 0.6 is 11.6 Å². The Labute approximate surface area is 129 Å². The maximum absolute atomic E-state index is 13.2. The predicted molar refractivity (Wildman–Crippen MR) is 81.5 cm³/mol. The van der Waals surface area contributed by atoms with Gasteiger partial charge in [-0.15, -0.1) is 0 Å². The number of hydrogen-bond donors (Lipinski definition) is 1. The van der Waals surface area contributed by atoms with E-state index in [2.05, 4.69) is 5.32 Å². The average Bonchev–Trinajstić information content (AvgIpc) is 2.31. The Balaban J connectivity index is 2.92. The SMILES string of the molecule is CC(C)NC(=O)CCN(c1ccc(F)c(Cl)c1)S(C)(=O)=O. The molecule has 1 N–H and O–H groups in total. The minimum atomic E-state index is -3.60. The van der Waals surface area contributed by atoms with Crippen LogP contribution in [0.15, 0.2) is 18.2 Å². The molecule has 0 aromatic heterocycles. The second kappa shape index (κ2) is 7.09. The topological polar surface area (TPSA) is 66.5 Å². The normalized spacial score (nSPS) is 11.5. The van der Waals surface area contributed by atoms with E-state index in [4.69, 9.17) is 11.6 Å². The van der Waals surface area contributed by atoms with Crippen LogP contribution in [0.2, 0.25) is 5.02 Å². The molecule has 0 aliphatic carbocycles. The van der Waals surface area contributed by atoms with Crippen molar-refractivity contribution in [1.29, 1.82) is 0 Å². The number of nitrogens with one attached hydrogen (secondary N) is 1. The van der Waals surface area contributed by atoms with E-state index in [1.807, 2.05) is 13.8 Å². The van der Waals surface area contributed by atoms with Gasteiger partial charge in [0.25, 0.3) is 0 Å². The molecule has 8 heteroatoms. The van der Waals surface area contributed by atoms with Crippen molar-refractivity contribution in [3.05, 3.63) is 29.0 Å². The lowest BCUT2D eigenvalue weighted by Crippen LogP contribution is -2.36. The number of carbonyl (C=O) groups excluding carboxylic acids is 1. The third kappa shape index (κ3) is 5.51. The maximum Gasteiger partial charge on any atom is 0.232 e. The van der Waals surface area contributed by atoms with E-state index in [9.17, 15) is 17.6 Å². The van der Waals surface area contributed by atoms with E-state index in [0.717, 1.165) is 16.6 Å². The van der Waals surface area contributed by atoms with Crippen LogP contribution in [0.5, 0.6) is 0 Å². The minimum Gasteiger partial charge on any atom is -0.354 e. The van der Waals surface area contributed by atoms with Crippen LogP contribution in [0.25, 0.3) is 0 Å². The van der Waals surface area contributed by atoms with E-state index in [0.29, 0.717) is 0 Å². The Morgan fingerprint density at radius 2 is 2.05 bits per heavy atom. The largest absolute Gasteiger partial charge is 0.354 e. The Bertz CT molecular complexity index is 620. The van der Waals surface area contributed by atoms with Gasteiger partial charge < -0.3 is 5.32 Å². The summed E-state index contributed by atoms with van der Waals surface area (Å²) in [6.45, 7) is 3.58. The summed E-state index contributed by atoms with van der Waals surface area (Å²) in [7, 11) is -3.60. The number of anilines is 1. The summed E-state index contributed by atoms with van der Waals surface area (Å²) in [5, 5.41) is 2.50. The van der Waals surface area contributed by atoms with Gasteiger partial charge in [0.05, 0.1) is 17.0 Å². The molecule has 0 atom stereocenters. The fourth-order valence-corrected chi connectivity index (χ4v) is 2.82. The molecule has 1 aromatic rings. The quantitative estimate of drug-likeness (QED) is 0.865. The van der Waals surface area contributed by atoms with Crippen molar-refractivity contribution >= 4 is 33.2 Å². The summed E-state index contributed by atoms with van der Waals surface area (Å²) < 4.78 is 37.8. The van der Waals surface area contributed by atoms with Crippen molar-refractivity contribution in [3.8, 4) is 0 Å². The Hall–Kier alpha value is -1.34. The lowest BCUT2D eigenvalue weighted by atomic mass is 10.3. The smallest absolute Gasteiger partial charge is 0.232 e. The lowest BCUT2D eigenvalue weighted by molar-refractivity contribution is -0.121. The maximum atomic E-state index is 13.2. The molecule has 0 heterocycles. The van der Waals surface area contributed by atoms with Crippen molar-refractivity contribution < 1.29 is 17.6 Å².